The van der Waals surface area contributed by atoms with Crippen molar-refractivity contribution in [3.8, 4) is 0 Å². The highest BCUT2D eigenvalue weighted by Crippen LogP contribution is 2.00. The average molecular weight is 186 g/mol. The van der Waals surface area contributed by atoms with Gasteiger partial charge < -0.3 is 20.8 Å². The lowest BCUT2D eigenvalue weighted by Crippen LogP contribution is -2.43. The van der Waals surface area contributed by atoms with E-state index in [2.05, 4.69) is 5.43 Å². The Kier molecular flexibility index (Phi) is 3.53. The number of nitrogens with two attached hydrogens (primary N) is 2. The summed E-state index contributed by atoms with van der Waals surface area (Å²) >= 11 is 0. The summed E-state index contributed by atoms with van der Waals surface area (Å²) in [6.07, 6.45) is 1.46. The summed E-state index contributed by atoms with van der Waals surface area (Å²) in [6.45, 7) is 1.68. The second-order valence-electron chi connectivity index (χ2n) is 2.75. The molecule has 1 aliphatic rings. The van der Waals surface area contributed by atoms with Gasteiger partial charge in [-0.05, 0) is 0 Å². The zero-order valence-electron chi connectivity index (χ0n) is 7.32. The lowest BCUT2D eigenvalue weighted by molar-refractivity contribution is -0.142. The molecule has 74 valence electrons. The topological polar surface area (TPSA) is 93.6 Å². The summed E-state index contributed by atoms with van der Waals surface area (Å²) in [7, 11) is 0. The van der Waals surface area contributed by atoms with Crippen molar-refractivity contribution in [1.82, 2.24) is 10.3 Å². The highest BCUT2D eigenvalue weighted by atomic mass is 16.5. The molecule has 5 N–H and O–H groups in total. The molecule has 13 heavy (non-hydrogen) atoms. The maximum atomic E-state index is 11.2. The van der Waals surface area contributed by atoms with Gasteiger partial charge in [-0.3, -0.25) is 10.6 Å². The molecule has 0 aromatic rings. The van der Waals surface area contributed by atoms with Crippen molar-refractivity contribution in [2.24, 2.45) is 11.6 Å². The van der Waals surface area contributed by atoms with Gasteiger partial charge in [0.05, 0.1) is 13.2 Å². The van der Waals surface area contributed by atoms with Gasteiger partial charge in [-0.2, -0.15) is 0 Å². The number of hydrazine groups is 1. The smallest absolute Gasteiger partial charge is 0.248 e. The first-order valence-corrected chi connectivity index (χ1v) is 4.00. The highest BCUT2D eigenvalue weighted by Gasteiger charge is 2.18. The van der Waals surface area contributed by atoms with Crippen LogP contribution in [-0.4, -0.2) is 37.1 Å². The molecule has 1 fully saturated rings. The number of nitrogens with one attached hydrogen (secondary N) is 1. The molecule has 1 rings (SSSR count). The van der Waals surface area contributed by atoms with Crippen molar-refractivity contribution in [1.29, 1.82) is 0 Å². The highest BCUT2D eigenvalue weighted by molar-refractivity contribution is 5.78. The van der Waals surface area contributed by atoms with Gasteiger partial charge >= 0.3 is 0 Å². The van der Waals surface area contributed by atoms with Crippen molar-refractivity contribution in [3.05, 3.63) is 11.9 Å². The third-order valence-corrected chi connectivity index (χ3v) is 1.73. The Labute approximate surface area is 76.5 Å². The Morgan fingerprint density at radius 2 is 2.54 bits per heavy atom. The number of hydrogen-bond donors (Lipinski definition) is 3. The van der Waals surface area contributed by atoms with Crippen molar-refractivity contribution in [2.75, 3.05) is 26.3 Å². The Morgan fingerprint density at radius 1 is 1.77 bits per heavy atom. The number of morpholine rings is 1. The van der Waals surface area contributed by atoms with Gasteiger partial charge in [-0.25, -0.2) is 0 Å². The number of rotatable bonds is 3. The van der Waals surface area contributed by atoms with E-state index >= 15 is 0 Å². The SMILES string of the molecule is NN/C=C(\N)CN1CCOCC1=O. The summed E-state index contributed by atoms with van der Waals surface area (Å²) in [5.41, 5.74) is 8.40. The fourth-order valence-electron chi connectivity index (χ4n) is 1.09. The Bertz CT molecular complexity index is 217. The molecule has 0 spiro atoms. The van der Waals surface area contributed by atoms with Crippen LogP contribution >= 0.6 is 0 Å². The first-order chi connectivity index (χ1) is 6.24. The van der Waals surface area contributed by atoms with E-state index in [1.165, 1.54) is 6.20 Å². The fraction of sp³-hybridized carbons (Fsp3) is 0.571. The van der Waals surface area contributed by atoms with Gasteiger partial charge in [0.15, 0.2) is 0 Å². The van der Waals surface area contributed by atoms with Gasteiger partial charge in [-0.15, -0.1) is 0 Å². The molecule has 0 bridgehead atoms. The minimum atomic E-state index is -0.0420. The van der Waals surface area contributed by atoms with E-state index in [4.69, 9.17) is 16.3 Å². The number of carbonyl (C=O) groups excluding carboxylic acids is 1. The molecule has 1 saturated heterocycles. The quantitative estimate of drug-likeness (QED) is 0.354. The molecular formula is C7H14N4O2. The zero-order chi connectivity index (χ0) is 9.68. The van der Waals surface area contributed by atoms with Crippen LogP contribution in [0.25, 0.3) is 0 Å². The van der Waals surface area contributed by atoms with Crippen LogP contribution in [0.3, 0.4) is 0 Å². The molecule has 1 amide bonds. The van der Waals surface area contributed by atoms with Gasteiger partial charge in [-0.1, -0.05) is 0 Å². The van der Waals surface area contributed by atoms with Crippen molar-refractivity contribution >= 4 is 5.91 Å². The van der Waals surface area contributed by atoms with E-state index in [0.29, 0.717) is 25.4 Å². The monoisotopic (exact) mass is 186 g/mol. The number of hydrogen-bond acceptors (Lipinski definition) is 5. The molecular weight excluding hydrogens is 172 g/mol. The molecule has 0 aromatic heterocycles. The molecule has 0 atom stereocenters. The third-order valence-electron chi connectivity index (χ3n) is 1.73. The normalized spacial score (nSPS) is 19.0. The molecule has 0 radical (unpaired) electrons. The van der Waals surface area contributed by atoms with Crippen molar-refractivity contribution < 1.29 is 9.53 Å². The Hall–Kier alpha value is -1.27. The second-order valence-corrected chi connectivity index (χ2v) is 2.75. The Morgan fingerprint density at radius 3 is 3.15 bits per heavy atom. The van der Waals surface area contributed by atoms with E-state index in [-0.39, 0.29) is 12.5 Å². The summed E-state index contributed by atoms with van der Waals surface area (Å²) < 4.78 is 4.96. The third kappa shape index (κ3) is 2.92. The lowest BCUT2D eigenvalue weighted by Gasteiger charge is -2.26. The minimum Gasteiger partial charge on any atom is -0.399 e. The molecule has 0 saturated carbocycles. The van der Waals surface area contributed by atoms with Crippen LogP contribution < -0.4 is 17.0 Å². The fourth-order valence-corrected chi connectivity index (χ4v) is 1.09. The number of carbonyl (C=O) groups is 1. The second kappa shape index (κ2) is 4.68. The first-order valence-electron chi connectivity index (χ1n) is 4.00. The largest absolute Gasteiger partial charge is 0.399 e. The molecule has 0 aliphatic carbocycles. The first kappa shape index (κ1) is 9.82. The van der Waals surface area contributed by atoms with Crippen LogP contribution in [0.1, 0.15) is 0 Å². The Balaban J connectivity index is 2.42. The summed E-state index contributed by atoms with van der Waals surface area (Å²) in [5, 5.41) is 0. The zero-order valence-corrected chi connectivity index (χ0v) is 7.32. The van der Waals surface area contributed by atoms with E-state index in [1.54, 1.807) is 4.90 Å². The molecule has 1 aliphatic heterocycles. The number of amides is 1. The maximum absolute atomic E-state index is 11.2. The van der Waals surface area contributed by atoms with Crippen LogP contribution in [0, 0.1) is 0 Å². The summed E-state index contributed by atoms with van der Waals surface area (Å²) in [6, 6.07) is 0. The molecule has 1 heterocycles. The molecule has 6 heteroatoms. The van der Waals surface area contributed by atoms with Crippen LogP contribution in [0.15, 0.2) is 11.9 Å². The minimum absolute atomic E-state index is 0.0420. The average Bonchev–Trinajstić information content (AvgIpc) is 2.09. The van der Waals surface area contributed by atoms with Gasteiger partial charge in [0.1, 0.15) is 6.61 Å². The molecule has 6 nitrogen and oxygen atoms in total. The molecule has 0 aromatic carbocycles. The van der Waals surface area contributed by atoms with E-state index in [0.717, 1.165) is 0 Å². The van der Waals surface area contributed by atoms with Gasteiger partial charge in [0.2, 0.25) is 5.91 Å². The van der Waals surface area contributed by atoms with Crippen LogP contribution in [0.4, 0.5) is 0 Å². The summed E-state index contributed by atoms with van der Waals surface area (Å²) in [4.78, 5) is 12.8. The standard InChI is InChI=1S/C7H14N4O2/c8-6(3-10-9)4-11-1-2-13-5-7(11)12/h3,10H,1-2,4-5,8-9H2/b6-3-. The predicted octanol–water partition coefficient (Wildman–Crippen LogP) is -1.89. The van der Waals surface area contributed by atoms with E-state index in [1.807, 2.05) is 0 Å². The maximum Gasteiger partial charge on any atom is 0.248 e. The lowest BCUT2D eigenvalue weighted by atomic mass is 10.3. The van der Waals surface area contributed by atoms with Crippen molar-refractivity contribution in [3.63, 3.8) is 0 Å². The van der Waals surface area contributed by atoms with E-state index in [9.17, 15) is 4.79 Å². The molecule has 0 unspecified atom stereocenters. The van der Waals surface area contributed by atoms with Gasteiger partial charge in [0, 0.05) is 18.4 Å². The summed E-state index contributed by atoms with van der Waals surface area (Å²) in [5.74, 6) is 4.99. The van der Waals surface area contributed by atoms with E-state index < -0.39 is 0 Å². The van der Waals surface area contributed by atoms with Crippen LogP contribution in [0.5, 0.6) is 0 Å². The number of nitrogens with zero attached hydrogens (tertiary/aromatic N) is 1. The predicted molar refractivity (Wildman–Crippen MR) is 47.0 cm³/mol. The van der Waals surface area contributed by atoms with Crippen LogP contribution in [0.2, 0.25) is 0 Å². The number of ether oxygens (including phenoxy) is 1. The van der Waals surface area contributed by atoms with Gasteiger partial charge in [0.25, 0.3) is 0 Å². The van der Waals surface area contributed by atoms with Crippen molar-refractivity contribution in [2.45, 2.75) is 0 Å². The van der Waals surface area contributed by atoms with Crippen LogP contribution in [-0.2, 0) is 9.53 Å².